The van der Waals surface area contributed by atoms with Crippen molar-refractivity contribution in [3.05, 3.63) is 105 Å². The molecule has 6 rings (SSSR count). The van der Waals surface area contributed by atoms with Crippen LogP contribution in [0.3, 0.4) is 0 Å². The number of hydrogen-bond acceptors (Lipinski definition) is 10. The van der Waals surface area contributed by atoms with E-state index in [2.05, 4.69) is 15.4 Å². The molecule has 0 saturated carbocycles. The van der Waals surface area contributed by atoms with Gasteiger partial charge in [0.05, 0.1) is 41.9 Å². The lowest BCUT2D eigenvalue weighted by Crippen LogP contribution is -2.74. The minimum absolute atomic E-state index is 0.0618. The Morgan fingerprint density at radius 1 is 1.06 bits per heavy atom. The van der Waals surface area contributed by atoms with Gasteiger partial charge >= 0.3 is 5.97 Å². The number of carbonyl (C=O) groups is 3. The molecule has 11 nitrogen and oxygen atoms in total. The van der Waals surface area contributed by atoms with Crippen LogP contribution in [0, 0.1) is 0 Å². The second kappa shape index (κ2) is 15.2. The van der Waals surface area contributed by atoms with Crippen molar-refractivity contribution in [3.63, 3.8) is 0 Å². The van der Waals surface area contributed by atoms with Crippen LogP contribution in [-0.2, 0) is 45.9 Å². The van der Waals surface area contributed by atoms with Crippen LogP contribution in [0.25, 0.3) is 0 Å². The number of ether oxygens (including phenoxy) is 2. The van der Waals surface area contributed by atoms with Gasteiger partial charge in [-0.3, -0.25) is 23.6 Å². The van der Waals surface area contributed by atoms with Gasteiger partial charge in [-0.15, -0.1) is 11.3 Å². The predicted molar refractivity (Wildman–Crippen MR) is 178 cm³/mol. The molecule has 4 heterocycles. The lowest BCUT2D eigenvalue weighted by molar-refractivity contribution is -0.154. The molecule has 3 aliphatic heterocycles. The molecule has 4 atom stereocenters. The predicted octanol–water partition coefficient (Wildman–Crippen LogP) is 3.02. The minimum atomic E-state index is -1.68. The average Bonchev–Trinajstić information content (AvgIpc) is 3.61. The second-order valence-corrected chi connectivity index (χ2v) is 14.2. The first kappa shape index (κ1) is 32.8. The number of morpholine rings is 1. The van der Waals surface area contributed by atoms with Gasteiger partial charge in [-0.2, -0.15) is 0 Å². The number of benzene rings is 2. The van der Waals surface area contributed by atoms with Gasteiger partial charge in [0, 0.05) is 30.1 Å². The van der Waals surface area contributed by atoms with E-state index in [1.807, 2.05) is 78.2 Å². The lowest BCUT2D eigenvalue weighted by atomic mass is 9.99. The van der Waals surface area contributed by atoms with Crippen LogP contribution in [0.1, 0.15) is 29.0 Å². The second-order valence-electron chi connectivity index (χ2n) is 11.3. The zero-order chi connectivity index (χ0) is 32.8. The Bertz CT molecular complexity index is 1600. The van der Waals surface area contributed by atoms with Crippen molar-refractivity contribution in [1.82, 2.24) is 15.1 Å². The van der Waals surface area contributed by atoms with E-state index in [4.69, 9.17) is 14.3 Å². The van der Waals surface area contributed by atoms with Crippen LogP contribution in [0.5, 0.6) is 0 Å². The third kappa shape index (κ3) is 7.38. The third-order valence-corrected chi connectivity index (χ3v) is 11.1. The molecule has 2 unspecified atom stereocenters. The van der Waals surface area contributed by atoms with Crippen molar-refractivity contribution in [2.45, 2.75) is 36.1 Å². The first-order chi connectivity index (χ1) is 22.9. The highest BCUT2D eigenvalue weighted by Crippen LogP contribution is 2.39. The minimum Gasteiger partial charge on any atom is -0.448 e. The fourth-order valence-electron chi connectivity index (χ4n) is 5.81. The topological polar surface area (TPSA) is 127 Å². The molecule has 0 bridgehead atoms. The van der Waals surface area contributed by atoms with Crippen LogP contribution < -0.4 is 5.32 Å². The lowest BCUT2D eigenvalue weighted by Gasteiger charge is -2.50. The van der Waals surface area contributed by atoms with Gasteiger partial charge in [0.1, 0.15) is 23.7 Å². The van der Waals surface area contributed by atoms with Gasteiger partial charge in [-0.1, -0.05) is 71.9 Å². The number of nitrogens with one attached hydrogen (secondary N) is 1. The summed E-state index contributed by atoms with van der Waals surface area (Å²) in [5.74, 6) is -1.68. The molecule has 47 heavy (non-hydrogen) atoms. The van der Waals surface area contributed by atoms with Crippen molar-refractivity contribution in [3.8, 4) is 0 Å². The van der Waals surface area contributed by atoms with Gasteiger partial charge in [0.2, 0.25) is 5.91 Å². The van der Waals surface area contributed by atoms with Gasteiger partial charge in [0.25, 0.3) is 5.91 Å². The summed E-state index contributed by atoms with van der Waals surface area (Å²) in [5.41, 5.74) is 1.68. The molecule has 1 aromatic heterocycles. The van der Waals surface area contributed by atoms with Crippen molar-refractivity contribution in [1.29, 1.82) is 0 Å². The van der Waals surface area contributed by atoms with E-state index in [1.165, 1.54) is 22.5 Å². The van der Waals surface area contributed by atoms with E-state index in [0.717, 1.165) is 29.1 Å². The molecule has 0 spiro atoms. The van der Waals surface area contributed by atoms with Crippen LogP contribution in [0.15, 0.2) is 94.6 Å². The van der Waals surface area contributed by atoms with Crippen LogP contribution in [-0.4, -0.2) is 94.1 Å². The van der Waals surface area contributed by atoms with Crippen molar-refractivity contribution in [2.75, 3.05) is 39.5 Å². The van der Waals surface area contributed by atoms with Crippen molar-refractivity contribution < 1.29 is 32.9 Å². The molecule has 3 aromatic rings. The third-order valence-electron chi connectivity index (χ3n) is 8.31. The Morgan fingerprint density at radius 2 is 1.74 bits per heavy atom. The van der Waals surface area contributed by atoms with Crippen LogP contribution in [0.2, 0.25) is 0 Å². The Kier molecular flexibility index (Phi) is 10.6. The maximum Gasteiger partial charge on any atom is 0.356 e. The number of hydrogen-bond donors (Lipinski definition) is 1. The molecule has 246 valence electrons. The molecule has 2 fully saturated rings. The molecule has 1 N–H and O–H groups in total. The summed E-state index contributed by atoms with van der Waals surface area (Å²) in [6.45, 7) is 5.58. The summed E-state index contributed by atoms with van der Waals surface area (Å²) in [6, 6.07) is 21.2. The number of thiophene rings is 1. The van der Waals surface area contributed by atoms with Crippen molar-refractivity contribution in [2.24, 2.45) is 5.16 Å². The summed E-state index contributed by atoms with van der Waals surface area (Å²) in [4.78, 5) is 50.5. The fourth-order valence-corrected chi connectivity index (χ4v) is 8.22. The maximum atomic E-state index is 14.2. The molecule has 3 aliphatic rings. The standard InChI is InChI=1S/C34H36N4O7S2/c1-23-27(22-35-44-19-16-37-14-17-43-18-15-37)30(34(41)45-31(24-9-4-2-5-10-24)25-11-6-3-7-12-25)38-32(40)29(33(38)47(23)42)36-28(39)21-26-13-8-20-46-26/h2-13,20,22-23,29,31,33H,14-19,21H2,1H3,(H,36,39)/t23-,29?,33-,47?/m1/s1. The number of oxime groups is 1. The van der Waals surface area contributed by atoms with Gasteiger partial charge < -0.3 is 19.6 Å². The Hall–Kier alpha value is -4.17. The summed E-state index contributed by atoms with van der Waals surface area (Å²) in [6.07, 6.45) is 0.667. The largest absolute Gasteiger partial charge is 0.448 e. The molecule has 0 radical (unpaired) electrons. The number of nitrogens with zero attached hydrogens (tertiary/aromatic N) is 3. The quantitative estimate of drug-likeness (QED) is 0.102. The number of β-lactam (4-membered cyclic amide) rings is 1. The smallest absolute Gasteiger partial charge is 0.356 e. The maximum absolute atomic E-state index is 14.2. The summed E-state index contributed by atoms with van der Waals surface area (Å²) in [7, 11) is -1.68. The Balaban J connectivity index is 1.27. The number of esters is 1. The van der Waals surface area contributed by atoms with Gasteiger partial charge in [-0.25, -0.2) is 4.79 Å². The van der Waals surface area contributed by atoms with Crippen LogP contribution in [0.4, 0.5) is 0 Å². The van der Waals surface area contributed by atoms with E-state index >= 15 is 0 Å². The molecular weight excluding hydrogens is 641 g/mol. The molecule has 0 aliphatic carbocycles. The highest BCUT2D eigenvalue weighted by Gasteiger charge is 2.59. The normalized spacial score (nSPS) is 23.0. The monoisotopic (exact) mass is 676 g/mol. The highest BCUT2D eigenvalue weighted by molar-refractivity contribution is 7.86. The van der Waals surface area contributed by atoms with Gasteiger partial charge in [-0.05, 0) is 29.5 Å². The first-order valence-electron chi connectivity index (χ1n) is 15.5. The molecule has 2 amide bonds. The summed E-state index contributed by atoms with van der Waals surface area (Å²) >= 11 is 1.43. The number of fused-ring (bicyclic) bond motifs is 1. The van der Waals surface area contributed by atoms with E-state index in [-0.39, 0.29) is 23.6 Å². The molecular formula is C34H36N4O7S2. The zero-order valence-corrected chi connectivity index (χ0v) is 27.5. The van der Waals surface area contributed by atoms with Gasteiger partial charge in [0.15, 0.2) is 6.10 Å². The van der Waals surface area contributed by atoms with E-state index in [0.29, 0.717) is 26.4 Å². The van der Waals surface area contributed by atoms with Crippen LogP contribution >= 0.6 is 11.3 Å². The molecule has 2 aromatic carbocycles. The summed E-state index contributed by atoms with van der Waals surface area (Å²) in [5, 5.41) is 7.07. The van der Waals surface area contributed by atoms with E-state index in [9.17, 15) is 18.6 Å². The Labute approximate surface area is 279 Å². The highest BCUT2D eigenvalue weighted by atomic mass is 32.2. The number of amides is 2. The van der Waals surface area contributed by atoms with Crippen molar-refractivity contribution >= 4 is 46.1 Å². The summed E-state index contributed by atoms with van der Waals surface area (Å²) < 4.78 is 25.4. The first-order valence-corrected chi connectivity index (χ1v) is 17.6. The number of rotatable bonds is 12. The average molecular weight is 677 g/mol. The Morgan fingerprint density at radius 3 is 2.38 bits per heavy atom. The number of carbonyl (C=O) groups excluding carboxylic acids is 3. The zero-order valence-electron chi connectivity index (χ0n) is 25.9. The SMILES string of the molecule is C[C@@H]1C(C=NOCCN2CCOCC2)=C(C(=O)OC(c2ccccc2)c2ccccc2)N2C(=O)C(NC(=O)Cc3cccs3)[C@H]2S1=O. The van der Waals surface area contributed by atoms with E-state index in [1.54, 1.807) is 6.92 Å². The van der Waals surface area contributed by atoms with E-state index < -0.39 is 45.4 Å². The molecule has 13 heteroatoms. The molecule has 2 saturated heterocycles. The fraction of sp³-hybridized carbons (Fsp3) is 0.353.